The third-order valence-corrected chi connectivity index (χ3v) is 5.91. The van der Waals surface area contributed by atoms with Gasteiger partial charge in [-0.15, -0.1) is 6.58 Å². The minimum atomic E-state index is -3.40. The van der Waals surface area contributed by atoms with Crippen molar-refractivity contribution in [2.24, 2.45) is 0 Å². The maximum Gasteiger partial charge on any atom is 0.340 e. The highest BCUT2D eigenvalue weighted by Crippen LogP contribution is 2.58. The fraction of sp³-hybridized carbons (Fsp3) is 0.714. The van der Waals surface area contributed by atoms with Crippen LogP contribution in [-0.2, 0) is 13.6 Å². The van der Waals surface area contributed by atoms with E-state index in [4.69, 9.17) is 9.05 Å². The zero-order valence-corrected chi connectivity index (χ0v) is 13.0. The highest BCUT2D eigenvalue weighted by Gasteiger charge is 2.47. The standard InChI is InChI=1S/C14H25O4P/c1-5-13(19(16,17-6-2)18-7-3)14(15)10-8-9-12(4)11-14/h5,11,13,15H,1,6-10H2,2-4H3. The lowest BCUT2D eigenvalue weighted by molar-refractivity contribution is 0.0663. The Morgan fingerprint density at radius 2 is 2.11 bits per heavy atom. The van der Waals surface area contributed by atoms with Gasteiger partial charge in [-0.25, -0.2) is 0 Å². The third-order valence-electron chi connectivity index (χ3n) is 3.34. The molecular weight excluding hydrogens is 263 g/mol. The molecule has 0 radical (unpaired) electrons. The number of hydrogen-bond donors (Lipinski definition) is 1. The molecule has 0 fully saturated rings. The van der Waals surface area contributed by atoms with Crippen molar-refractivity contribution in [2.75, 3.05) is 13.2 Å². The van der Waals surface area contributed by atoms with Gasteiger partial charge in [-0.05, 0) is 40.0 Å². The van der Waals surface area contributed by atoms with Gasteiger partial charge in [0.25, 0.3) is 0 Å². The number of rotatable bonds is 7. The van der Waals surface area contributed by atoms with E-state index in [1.54, 1.807) is 19.9 Å². The van der Waals surface area contributed by atoms with Crippen LogP contribution in [-0.4, -0.2) is 29.6 Å². The van der Waals surface area contributed by atoms with Crippen LogP contribution in [0.3, 0.4) is 0 Å². The molecule has 0 amide bonds. The fourth-order valence-electron chi connectivity index (χ4n) is 2.62. The zero-order valence-electron chi connectivity index (χ0n) is 12.1. The van der Waals surface area contributed by atoms with Crippen molar-refractivity contribution in [1.82, 2.24) is 0 Å². The van der Waals surface area contributed by atoms with Gasteiger partial charge < -0.3 is 14.2 Å². The average molecular weight is 288 g/mol. The summed E-state index contributed by atoms with van der Waals surface area (Å²) in [7, 11) is -3.40. The van der Waals surface area contributed by atoms with E-state index >= 15 is 0 Å². The van der Waals surface area contributed by atoms with Crippen molar-refractivity contribution in [1.29, 1.82) is 0 Å². The number of aliphatic hydroxyl groups is 1. The molecule has 1 aliphatic carbocycles. The molecule has 0 aromatic rings. The summed E-state index contributed by atoms with van der Waals surface area (Å²) in [6, 6.07) is 0. The van der Waals surface area contributed by atoms with Crippen LogP contribution < -0.4 is 0 Å². The van der Waals surface area contributed by atoms with Gasteiger partial charge in [0.15, 0.2) is 0 Å². The molecule has 0 saturated carbocycles. The minimum absolute atomic E-state index is 0.278. The van der Waals surface area contributed by atoms with Gasteiger partial charge in [0.2, 0.25) is 0 Å². The summed E-state index contributed by atoms with van der Waals surface area (Å²) < 4.78 is 23.5. The zero-order chi connectivity index (χ0) is 14.5. The van der Waals surface area contributed by atoms with Crippen LogP contribution in [0.25, 0.3) is 0 Å². The first-order chi connectivity index (χ1) is 8.91. The summed E-state index contributed by atoms with van der Waals surface area (Å²) in [6.07, 6.45) is 5.65. The van der Waals surface area contributed by atoms with Crippen LogP contribution in [0.2, 0.25) is 0 Å². The van der Waals surface area contributed by atoms with E-state index in [0.29, 0.717) is 6.42 Å². The third kappa shape index (κ3) is 3.79. The van der Waals surface area contributed by atoms with Crippen LogP contribution >= 0.6 is 7.60 Å². The van der Waals surface area contributed by atoms with Gasteiger partial charge in [0.05, 0.1) is 13.2 Å². The monoisotopic (exact) mass is 288 g/mol. The summed E-state index contributed by atoms with van der Waals surface area (Å²) in [5.74, 6) is 0. The topological polar surface area (TPSA) is 55.8 Å². The molecule has 0 saturated heterocycles. The van der Waals surface area contributed by atoms with Gasteiger partial charge >= 0.3 is 7.60 Å². The van der Waals surface area contributed by atoms with E-state index in [-0.39, 0.29) is 13.2 Å². The molecule has 0 heterocycles. The highest BCUT2D eigenvalue weighted by molar-refractivity contribution is 7.55. The SMILES string of the molecule is C=CC(C1(O)C=C(C)CCC1)P(=O)(OCC)OCC. The molecule has 0 spiro atoms. The highest BCUT2D eigenvalue weighted by atomic mass is 31.2. The molecule has 0 aromatic carbocycles. The van der Waals surface area contributed by atoms with Crippen molar-refractivity contribution in [3.63, 3.8) is 0 Å². The molecule has 0 aliphatic heterocycles. The van der Waals surface area contributed by atoms with E-state index in [0.717, 1.165) is 18.4 Å². The van der Waals surface area contributed by atoms with Gasteiger partial charge in [-0.3, -0.25) is 4.57 Å². The van der Waals surface area contributed by atoms with E-state index in [1.165, 1.54) is 6.08 Å². The van der Waals surface area contributed by atoms with E-state index < -0.39 is 18.9 Å². The first-order valence-electron chi connectivity index (χ1n) is 6.84. The summed E-state index contributed by atoms with van der Waals surface area (Å²) in [4.78, 5) is 0. The normalized spacial score (nSPS) is 25.8. The van der Waals surface area contributed by atoms with Crippen molar-refractivity contribution in [3.05, 3.63) is 24.3 Å². The quantitative estimate of drug-likeness (QED) is 0.573. The molecule has 0 aromatic heterocycles. The average Bonchev–Trinajstić information content (AvgIpc) is 2.29. The predicted octanol–water partition coefficient (Wildman–Crippen LogP) is 3.67. The van der Waals surface area contributed by atoms with Gasteiger partial charge in [-0.1, -0.05) is 17.7 Å². The Hall–Kier alpha value is -0.410. The maximum absolute atomic E-state index is 12.9. The smallest absolute Gasteiger partial charge is 0.340 e. The van der Waals surface area contributed by atoms with Crippen LogP contribution in [0.5, 0.6) is 0 Å². The predicted molar refractivity (Wildman–Crippen MR) is 77.4 cm³/mol. The molecule has 1 aliphatic rings. The molecule has 1 N–H and O–H groups in total. The second kappa shape index (κ2) is 6.85. The molecule has 19 heavy (non-hydrogen) atoms. The van der Waals surface area contributed by atoms with Gasteiger partial charge in [0, 0.05) is 0 Å². The summed E-state index contributed by atoms with van der Waals surface area (Å²) in [5.41, 5.74) is -0.820. The molecule has 1 rings (SSSR count). The van der Waals surface area contributed by atoms with Crippen molar-refractivity contribution >= 4 is 7.60 Å². The number of hydrogen-bond acceptors (Lipinski definition) is 4. The van der Waals surface area contributed by atoms with E-state index in [1.807, 2.05) is 6.92 Å². The van der Waals surface area contributed by atoms with Crippen molar-refractivity contribution < 1.29 is 18.7 Å². The Balaban J connectivity index is 3.13. The minimum Gasteiger partial charge on any atom is -0.384 e. The Labute approximate surface area is 116 Å². The summed E-state index contributed by atoms with van der Waals surface area (Å²) in [5, 5.41) is 10.8. The molecule has 2 unspecified atom stereocenters. The first kappa shape index (κ1) is 16.6. The van der Waals surface area contributed by atoms with Crippen LogP contribution in [0, 0.1) is 0 Å². The molecule has 110 valence electrons. The van der Waals surface area contributed by atoms with Crippen LogP contribution in [0.15, 0.2) is 24.3 Å². The number of allylic oxidation sites excluding steroid dienone is 1. The second-order valence-electron chi connectivity index (χ2n) is 4.89. The van der Waals surface area contributed by atoms with Gasteiger partial charge in [-0.2, -0.15) is 0 Å². The lowest BCUT2D eigenvalue weighted by atomic mass is 9.84. The van der Waals surface area contributed by atoms with Crippen LogP contribution in [0.1, 0.15) is 40.0 Å². The van der Waals surface area contributed by atoms with Gasteiger partial charge in [0.1, 0.15) is 11.3 Å². The Morgan fingerprint density at radius 1 is 1.53 bits per heavy atom. The molecule has 2 atom stereocenters. The van der Waals surface area contributed by atoms with E-state index in [9.17, 15) is 9.67 Å². The maximum atomic E-state index is 12.9. The van der Waals surface area contributed by atoms with Crippen molar-refractivity contribution in [3.8, 4) is 0 Å². The lowest BCUT2D eigenvalue weighted by Gasteiger charge is -2.38. The largest absolute Gasteiger partial charge is 0.384 e. The van der Waals surface area contributed by atoms with Crippen LogP contribution in [0.4, 0.5) is 0 Å². The first-order valence-corrected chi connectivity index (χ1v) is 8.45. The molecule has 4 nitrogen and oxygen atoms in total. The van der Waals surface area contributed by atoms with E-state index in [2.05, 4.69) is 6.58 Å². The Kier molecular flexibility index (Phi) is 6.00. The molecular formula is C14H25O4P. The molecule has 5 heteroatoms. The lowest BCUT2D eigenvalue weighted by Crippen LogP contribution is -2.41. The van der Waals surface area contributed by atoms with Crippen molar-refractivity contribution in [2.45, 2.75) is 51.3 Å². The summed E-state index contributed by atoms with van der Waals surface area (Å²) >= 11 is 0. The molecule has 0 bridgehead atoms. The fourth-order valence-corrected chi connectivity index (χ4v) is 4.74. The second-order valence-corrected chi connectivity index (χ2v) is 7.04. The summed E-state index contributed by atoms with van der Waals surface area (Å²) in [6.45, 7) is 9.76. The Morgan fingerprint density at radius 3 is 2.53 bits per heavy atom. The Bertz CT molecular complexity index is 381.